The Hall–Kier alpha value is -2.29. The van der Waals surface area contributed by atoms with Crippen molar-refractivity contribution in [2.75, 3.05) is 5.73 Å². The predicted molar refractivity (Wildman–Crippen MR) is 73.8 cm³/mol. The Labute approximate surface area is 107 Å². The first-order valence-electron chi connectivity index (χ1n) is 5.79. The molecule has 0 aliphatic carbocycles. The molecule has 0 aliphatic heterocycles. The van der Waals surface area contributed by atoms with E-state index in [1.165, 1.54) is 0 Å². The average Bonchev–Trinajstić information content (AvgIpc) is 2.33. The first kappa shape index (κ1) is 12.2. The number of aromatic nitrogens is 1. The minimum Gasteiger partial charge on any atom is -0.457 e. The van der Waals surface area contributed by atoms with Gasteiger partial charge in [0.2, 0.25) is 0 Å². The van der Waals surface area contributed by atoms with Crippen molar-refractivity contribution < 1.29 is 4.74 Å². The summed E-state index contributed by atoms with van der Waals surface area (Å²) in [7, 11) is 0. The van der Waals surface area contributed by atoms with Gasteiger partial charge in [0.25, 0.3) is 0 Å². The van der Waals surface area contributed by atoms with E-state index < -0.39 is 0 Å². The number of benzene rings is 1. The van der Waals surface area contributed by atoms with Gasteiger partial charge >= 0.3 is 0 Å². The van der Waals surface area contributed by atoms with Crippen molar-refractivity contribution in [2.24, 2.45) is 0 Å². The number of nitrogens with zero attached hydrogens (tertiary/aromatic N) is 1. The fourth-order valence-corrected chi connectivity index (χ4v) is 1.72. The van der Waals surface area contributed by atoms with Crippen molar-refractivity contribution in [1.29, 1.82) is 0 Å². The molecular formula is C15H16N2O. The van der Waals surface area contributed by atoms with Gasteiger partial charge in [-0.2, -0.15) is 0 Å². The third kappa shape index (κ3) is 2.88. The third-order valence-corrected chi connectivity index (χ3v) is 2.54. The highest BCUT2D eigenvalue weighted by Crippen LogP contribution is 2.27. The SMILES string of the molecule is C=CCc1cc(N)ccc1Oc1ccnc(C)c1. The number of hydrogen-bond donors (Lipinski definition) is 1. The number of nitrogen functional groups attached to an aromatic ring is 1. The maximum atomic E-state index is 5.85. The van der Waals surface area contributed by atoms with Gasteiger partial charge in [0.05, 0.1) is 0 Å². The predicted octanol–water partition coefficient (Wildman–Crippen LogP) is 3.49. The molecule has 0 aliphatic rings. The van der Waals surface area contributed by atoms with Gasteiger partial charge in [0, 0.05) is 29.2 Å². The van der Waals surface area contributed by atoms with Gasteiger partial charge < -0.3 is 10.5 Å². The van der Waals surface area contributed by atoms with Crippen molar-refractivity contribution in [3.63, 3.8) is 0 Å². The molecule has 0 bridgehead atoms. The maximum absolute atomic E-state index is 5.85. The lowest BCUT2D eigenvalue weighted by Gasteiger charge is -2.11. The third-order valence-electron chi connectivity index (χ3n) is 2.54. The standard InChI is InChI=1S/C15H16N2O/c1-3-4-12-10-13(16)5-6-15(12)18-14-7-8-17-11(2)9-14/h3,5-10H,1,4,16H2,2H3. The summed E-state index contributed by atoms with van der Waals surface area (Å²) in [5.41, 5.74) is 8.45. The topological polar surface area (TPSA) is 48.1 Å². The summed E-state index contributed by atoms with van der Waals surface area (Å²) in [5.74, 6) is 1.58. The van der Waals surface area contributed by atoms with Gasteiger partial charge in [-0.25, -0.2) is 0 Å². The van der Waals surface area contributed by atoms with E-state index in [0.717, 1.165) is 34.9 Å². The summed E-state index contributed by atoms with van der Waals surface area (Å²) in [4.78, 5) is 4.14. The Morgan fingerprint density at radius 2 is 2.17 bits per heavy atom. The molecule has 2 N–H and O–H groups in total. The van der Waals surface area contributed by atoms with Crippen LogP contribution in [0.3, 0.4) is 0 Å². The van der Waals surface area contributed by atoms with Crippen LogP contribution in [-0.4, -0.2) is 4.98 Å². The molecule has 0 saturated carbocycles. The monoisotopic (exact) mass is 240 g/mol. The lowest BCUT2D eigenvalue weighted by atomic mass is 10.1. The number of hydrogen-bond acceptors (Lipinski definition) is 3. The fourth-order valence-electron chi connectivity index (χ4n) is 1.72. The van der Waals surface area contributed by atoms with Crippen LogP contribution in [0.4, 0.5) is 5.69 Å². The highest BCUT2D eigenvalue weighted by Gasteiger charge is 2.05. The molecule has 3 heteroatoms. The largest absolute Gasteiger partial charge is 0.457 e. The number of ether oxygens (including phenoxy) is 1. The van der Waals surface area contributed by atoms with Crippen molar-refractivity contribution in [3.05, 3.63) is 60.4 Å². The number of aryl methyl sites for hydroxylation is 1. The van der Waals surface area contributed by atoms with Gasteiger partial charge in [-0.3, -0.25) is 4.98 Å². The molecule has 0 saturated heterocycles. The van der Waals surface area contributed by atoms with Gasteiger partial charge in [-0.15, -0.1) is 6.58 Å². The zero-order chi connectivity index (χ0) is 13.0. The average molecular weight is 240 g/mol. The van der Waals surface area contributed by atoms with E-state index in [1.54, 1.807) is 6.20 Å². The molecule has 1 aromatic carbocycles. The lowest BCUT2D eigenvalue weighted by Crippen LogP contribution is -1.94. The quantitative estimate of drug-likeness (QED) is 0.657. The molecule has 0 unspecified atom stereocenters. The normalized spacial score (nSPS) is 10.1. The number of pyridine rings is 1. The van der Waals surface area contributed by atoms with Crippen LogP contribution in [-0.2, 0) is 6.42 Å². The molecule has 1 aromatic heterocycles. The molecule has 2 rings (SSSR count). The van der Waals surface area contributed by atoms with Crippen LogP contribution in [0.1, 0.15) is 11.3 Å². The minimum atomic E-state index is 0.727. The van der Waals surface area contributed by atoms with E-state index >= 15 is 0 Å². The Bertz CT molecular complexity index is 564. The van der Waals surface area contributed by atoms with E-state index in [2.05, 4.69) is 11.6 Å². The van der Waals surface area contributed by atoms with E-state index in [4.69, 9.17) is 10.5 Å². The number of allylic oxidation sites excluding steroid dienone is 1. The van der Waals surface area contributed by atoms with Gasteiger partial charge in [-0.1, -0.05) is 6.08 Å². The second kappa shape index (κ2) is 5.36. The van der Waals surface area contributed by atoms with Crippen molar-refractivity contribution >= 4 is 5.69 Å². The van der Waals surface area contributed by atoms with Crippen LogP contribution in [0.5, 0.6) is 11.5 Å². The molecule has 18 heavy (non-hydrogen) atoms. The number of rotatable bonds is 4. The van der Waals surface area contributed by atoms with Crippen LogP contribution in [0.15, 0.2) is 49.2 Å². The summed E-state index contributed by atoms with van der Waals surface area (Å²) < 4.78 is 5.85. The molecule has 0 amide bonds. The molecule has 0 radical (unpaired) electrons. The van der Waals surface area contributed by atoms with Crippen LogP contribution in [0, 0.1) is 6.92 Å². The lowest BCUT2D eigenvalue weighted by molar-refractivity contribution is 0.476. The molecule has 1 heterocycles. The zero-order valence-corrected chi connectivity index (χ0v) is 10.4. The molecular weight excluding hydrogens is 224 g/mol. The van der Waals surface area contributed by atoms with Gasteiger partial charge in [0.1, 0.15) is 11.5 Å². The number of nitrogens with two attached hydrogens (primary N) is 1. The van der Waals surface area contributed by atoms with E-state index in [0.29, 0.717) is 0 Å². The smallest absolute Gasteiger partial charge is 0.131 e. The summed E-state index contributed by atoms with van der Waals surface area (Å²) in [6, 6.07) is 9.35. The van der Waals surface area contributed by atoms with Crippen molar-refractivity contribution in [1.82, 2.24) is 4.98 Å². The Balaban J connectivity index is 2.30. The Morgan fingerprint density at radius 3 is 2.89 bits per heavy atom. The van der Waals surface area contributed by atoms with Gasteiger partial charge in [-0.05, 0) is 37.6 Å². The zero-order valence-electron chi connectivity index (χ0n) is 10.4. The first-order chi connectivity index (χ1) is 8.69. The van der Waals surface area contributed by atoms with Gasteiger partial charge in [0.15, 0.2) is 0 Å². The van der Waals surface area contributed by atoms with E-state index in [1.807, 2.05) is 43.3 Å². The Kier molecular flexibility index (Phi) is 3.63. The summed E-state index contributed by atoms with van der Waals surface area (Å²) in [5, 5.41) is 0. The van der Waals surface area contributed by atoms with Crippen LogP contribution in [0.25, 0.3) is 0 Å². The molecule has 0 atom stereocenters. The highest BCUT2D eigenvalue weighted by molar-refractivity contribution is 5.49. The highest BCUT2D eigenvalue weighted by atomic mass is 16.5. The fraction of sp³-hybridized carbons (Fsp3) is 0.133. The molecule has 3 nitrogen and oxygen atoms in total. The summed E-state index contributed by atoms with van der Waals surface area (Å²) in [6.07, 6.45) is 4.29. The molecule has 0 fully saturated rings. The summed E-state index contributed by atoms with van der Waals surface area (Å²) >= 11 is 0. The maximum Gasteiger partial charge on any atom is 0.131 e. The minimum absolute atomic E-state index is 0.727. The van der Waals surface area contributed by atoms with Crippen molar-refractivity contribution in [3.8, 4) is 11.5 Å². The Morgan fingerprint density at radius 1 is 1.33 bits per heavy atom. The molecule has 92 valence electrons. The molecule has 0 spiro atoms. The van der Waals surface area contributed by atoms with Crippen molar-refractivity contribution in [2.45, 2.75) is 13.3 Å². The van der Waals surface area contributed by atoms with E-state index in [-0.39, 0.29) is 0 Å². The van der Waals surface area contributed by atoms with Crippen LogP contribution >= 0.6 is 0 Å². The summed E-state index contributed by atoms with van der Waals surface area (Å²) in [6.45, 7) is 5.67. The van der Waals surface area contributed by atoms with Crippen LogP contribution < -0.4 is 10.5 Å². The second-order valence-corrected chi connectivity index (χ2v) is 4.09. The number of anilines is 1. The second-order valence-electron chi connectivity index (χ2n) is 4.09. The molecule has 2 aromatic rings. The first-order valence-corrected chi connectivity index (χ1v) is 5.79. The van der Waals surface area contributed by atoms with Crippen LogP contribution in [0.2, 0.25) is 0 Å². The van der Waals surface area contributed by atoms with E-state index in [9.17, 15) is 0 Å².